The fourth-order valence-corrected chi connectivity index (χ4v) is 2.85. The van der Waals surface area contributed by atoms with Crippen LogP contribution in [0.3, 0.4) is 0 Å². The molecule has 1 aromatic rings. The molecule has 1 fully saturated rings. The van der Waals surface area contributed by atoms with Crippen molar-refractivity contribution in [1.82, 2.24) is 15.2 Å². The van der Waals surface area contributed by atoms with Gasteiger partial charge < -0.3 is 20.9 Å². The highest BCUT2D eigenvalue weighted by Gasteiger charge is 2.22. The van der Waals surface area contributed by atoms with Crippen molar-refractivity contribution in [2.75, 3.05) is 44.2 Å². The summed E-state index contributed by atoms with van der Waals surface area (Å²) in [6.45, 7) is 4.73. The molecule has 0 aliphatic carbocycles. The number of amides is 2. The van der Waals surface area contributed by atoms with Gasteiger partial charge >= 0.3 is 0 Å². The van der Waals surface area contributed by atoms with E-state index >= 15 is 0 Å². The summed E-state index contributed by atoms with van der Waals surface area (Å²) in [6, 6.07) is 0. The third kappa shape index (κ3) is 3.67. The van der Waals surface area contributed by atoms with Gasteiger partial charge in [0, 0.05) is 31.6 Å². The first-order valence-corrected chi connectivity index (χ1v) is 7.39. The minimum Gasteiger partial charge on any atom is -0.346 e. The van der Waals surface area contributed by atoms with Crippen LogP contribution in [-0.4, -0.2) is 61.0 Å². The van der Waals surface area contributed by atoms with Crippen LogP contribution >= 0.6 is 11.3 Å². The van der Waals surface area contributed by atoms with Crippen molar-refractivity contribution in [3.63, 3.8) is 0 Å². The average molecular weight is 297 g/mol. The Hall–Kier alpha value is -1.67. The van der Waals surface area contributed by atoms with Crippen LogP contribution < -0.4 is 16.0 Å². The summed E-state index contributed by atoms with van der Waals surface area (Å²) in [5, 5.41) is 5.53. The van der Waals surface area contributed by atoms with Crippen molar-refractivity contribution in [1.29, 1.82) is 0 Å². The van der Waals surface area contributed by atoms with Gasteiger partial charge in [-0.2, -0.15) is 0 Å². The molecule has 1 aromatic heterocycles. The molecule has 0 unspecified atom stereocenters. The van der Waals surface area contributed by atoms with E-state index < -0.39 is 0 Å². The molecule has 3 N–H and O–H groups in total. The van der Waals surface area contributed by atoms with E-state index in [1.165, 1.54) is 0 Å². The van der Waals surface area contributed by atoms with Gasteiger partial charge in [-0.05, 0) is 6.92 Å². The Morgan fingerprint density at radius 2 is 2.10 bits per heavy atom. The largest absolute Gasteiger partial charge is 0.346 e. The minimum absolute atomic E-state index is 0.0202. The summed E-state index contributed by atoms with van der Waals surface area (Å²) in [5.41, 5.74) is 6.19. The molecule has 0 saturated carbocycles. The topological polar surface area (TPSA) is 91.6 Å². The predicted octanol–water partition coefficient (Wildman–Crippen LogP) is -0.825. The van der Waals surface area contributed by atoms with Crippen LogP contribution in [0.15, 0.2) is 5.38 Å². The van der Waals surface area contributed by atoms with Gasteiger partial charge in [0.05, 0.1) is 18.8 Å². The Labute approximate surface area is 121 Å². The van der Waals surface area contributed by atoms with E-state index in [9.17, 15) is 9.59 Å². The number of hydrogen-bond acceptors (Lipinski definition) is 6. The minimum atomic E-state index is -0.310. The predicted molar refractivity (Wildman–Crippen MR) is 77.7 cm³/mol. The maximum absolute atomic E-state index is 11.9. The highest BCUT2D eigenvalue weighted by Crippen LogP contribution is 2.21. The van der Waals surface area contributed by atoms with Crippen molar-refractivity contribution in [2.24, 2.45) is 5.73 Å². The third-order valence-corrected chi connectivity index (χ3v) is 4.15. The quantitative estimate of drug-likeness (QED) is 0.757. The lowest BCUT2D eigenvalue weighted by molar-refractivity contribution is -0.132. The van der Waals surface area contributed by atoms with Gasteiger partial charge in [-0.1, -0.05) is 0 Å². The third-order valence-electron chi connectivity index (χ3n) is 3.13. The van der Waals surface area contributed by atoms with Gasteiger partial charge in [-0.3, -0.25) is 9.59 Å². The van der Waals surface area contributed by atoms with Crippen molar-refractivity contribution >= 4 is 28.3 Å². The van der Waals surface area contributed by atoms with E-state index in [1.54, 1.807) is 16.2 Å². The summed E-state index contributed by atoms with van der Waals surface area (Å²) >= 11 is 1.62. The monoisotopic (exact) mass is 297 g/mol. The fraction of sp³-hybridized carbons (Fsp3) is 0.583. The molecule has 8 heteroatoms. The zero-order chi connectivity index (χ0) is 14.5. The first-order valence-electron chi connectivity index (χ1n) is 6.51. The lowest BCUT2D eigenvalue weighted by Gasteiger charge is -2.34. The normalized spacial score (nSPS) is 15.3. The van der Waals surface area contributed by atoms with Crippen LogP contribution in [0, 0.1) is 6.92 Å². The van der Waals surface area contributed by atoms with E-state index in [0.29, 0.717) is 13.1 Å². The van der Waals surface area contributed by atoms with Crippen LogP contribution in [0.2, 0.25) is 0 Å². The lowest BCUT2D eigenvalue weighted by Crippen LogP contribution is -2.51. The van der Waals surface area contributed by atoms with E-state index in [1.807, 2.05) is 12.3 Å². The number of carbonyl (C=O) groups excluding carboxylic acids is 2. The maximum Gasteiger partial charge on any atom is 0.242 e. The first-order chi connectivity index (χ1) is 9.60. The molecule has 7 nitrogen and oxygen atoms in total. The van der Waals surface area contributed by atoms with E-state index in [4.69, 9.17) is 5.73 Å². The number of aryl methyl sites for hydroxylation is 1. The molecule has 20 heavy (non-hydrogen) atoms. The number of nitrogens with two attached hydrogens (primary N) is 1. The Morgan fingerprint density at radius 3 is 2.65 bits per heavy atom. The second-order valence-corrected chi connectivity index (χ2v) is 5.46. The number of anilines is 1. The molecule has 110 valence electrons. The van der Waals surface area contributed by atoms with Crippen molar-refractivity contribution < 1.29 is 9.59 Å². The molecule has 0 atom stereocenters. The maximum atomic E-state index is 11.9. The van der Waals surface area contributed by atoms with Crippen LogP contribution in [0.25, 0.3) is 0 Å². The van der Waals surface area contributed by atoms with Gasteiger partial charge in [-0.15, -0.1) is 11.3 Å². The number of aromatic nitrogens is 1. The summed E-state index contributed by atoms with van der Waals surface area (Å²) in [7, 11) is 0. The number of rotatable bonds is 4. The molecule has 2 heterocycles. The smallest absolute Gasteiger partial charge is 0.242 e. The highest BCUT2D eigenvalue weighted by atomic mass is 32.1. The molecular weight excluding hydrogens is 278 g/mol. The lowest BCUT2D eigenvalue weighted by atomic mass is 10.3. The summed E-state index contributed by atoms with van der Waals surface area (Å²) in [6.07, 6.45) is 0. The molecule has 0 bridgehead atoms. The fourth-order valence-electron chi connectivity index (χ4n) is 1.99. The summed E-state index contributed by atoms with van der Waals surface area (Å²) in [4.78, 5) is 31.3. The Bertz CT molecular complexity index is 482. The average Bonchev–Trinajstić information content (AvgIpc) is 2.91. The van der Waals surface area contributed by atoms with Crippen molar-refractivity contribution in [3.8, 4) is 0 Å². The first kappa shape index (κ1) is 14.7. The van der Waals surface area contributed by atoms with E-state index in [0.717, 1.165) is 23.9 Å². The number of piperazine rings is 1. The van der Waals surface area contributed by atoms with Crippen LogP contribution in [0.5, 0.6) is 0 Å². The number of nitrogens with one attached hydrogen (secondary N) is 1. The highest BCUT2D eigenvalue weighted by molar-refractivity contribution is 7.13. The number of hydrogen-bond donors (Lipinski definition) is 2. The van der Waals surface area contributed by atoms with Gasteiger partial charge in [0.1, 0.15) is 0 Å². The number of carbonyl (C=O) groups is 2. The van der Waals surface area contributed by atoms with E-state index in [2.05, 4.69) is 15.2 Å². The molecule has 2 amide bonds. The molecular formula is C12H19N5O2S. The molecule has 1 aliphatic rings. The number of thiazole rings is 1. The van der Waals surface area contributed by atoms with Crippen molar-refractivity contribution in [3.05, 3.63) is 11.1 Å². The second kappa shape index (κ2) is 6.67. The molecule has 0 spiro atoms. The van der Waals surface area contributed by atoms with Gasteiger partial charge in [0.2, 0.25) is 11.8 Å². The van der Waals surface area contributed by atoms with Gasteiger partial charge in [0.25, 0.3) is 0 Å². The standard InChI is InChI=1S/C12H19N5O2S/c1-9-8-20-12(15-9)17-4-2-16(3-5-17)11(19)7-14-10(18)6-13/h8H,2-7,13H2,1H3,(H,14,18). The molecule has 0 aromatic carbocycles. The Balaban J connectivity index is 1.79. The molecule has 2 rings (SSSR count). The zero-order valence-electron chi connectivity index (χ0n) is 11.5. The molecule has 0 radical (unpaired) electrons. The van der Waals surface area contributed by atoms with Gasteiger partial charge in [-0.25, -0.2) is 4.98 Å². The second-order valence-electron chi connectivity index (χ2n) is 4.62. The Morgan fingerprint density at radius 1 is 1.40 bits per heavy atom. The zero-order valence-corrected chi connectivity index (χ0v) is 12.3. The number of nitrogens with zero attached hydrogens (tertiary/aromatic N) is 3. The van der Waals surface area contributed by atoms with Crippen LogP contribution in [-0.2, 0) is 9.59 Å². The Kier molecular flexibility index (Phi) is 4.91. The summed E-state index contributed by atoms with van der Waals surface area (Å²) < 4.78 is 0. The van der Waals surface area contributed by atoms with Crippen molar-refractivity contribution in [2.45, 2.75) is 6.92 Å². The SMILES string of the molecule is Cc1csc(N2CCN(C(=O)CNC(=O)CN)CC2)n1. The molecule has 1 saturated heterocycles. The summed E-state index contributed by atoms with van der Waals surface area (Å²) in [5.74, 6) is -0.378. The van der Waals surface area contributed by atoms with E-state index in [-0.39, 0.29) is 24.9 Å². The van der Waals surface area contributed by atoms with Gasteiger partial charge in [0.15, 0.2) is 5.13 Å². The van der Waals surface area contributed by atoms with Crippen LogP contribution in [0.1, 0.15) is 5.69 Å². The molecule has 1 aliphatic heterocycles. The van der Waals surface area contributed by atoms with Crippen LogP contribution in [0.4, 0.5) is 5.13 Å².